The van der Waals surface area contributed by atoms with Gasteiger partial charge in [0.2, 0.25) is 0 Å². The van der Waals surface area contributed by atoms with E-state index in [-0.39, 0.29) is 0 Å². The Balaban J connectivity index is 1.83. The second-order valence-corrected chi connectivity index (χ2v) is 6.05. The highest BCUT2D eigenvalue weighted by Gasteiger charge is 2.95. The van der Waals surface area contributed by atoms with E-state index in [4.69, 9.17) is 4.74 Å². The zero-order valence-electron chi connectivity index (χ0n) is 7.42. The molecule has 0 N–H and O–H groups in total. The standard InChI is InChI=1S/C11H14O/c1-10-3-7-6-2-5-4-12-9(10)11(5,10)8(6)7/h5-9H,2-4H2,1H3. The van der Waals surface area contributed by atoms with Crippen molar-refractivity contribution in [3.63, 3.8) is 0 Å². The highest BCUT2D eigenvalue weighted by Crippen LogP contribution is 2.95. The quantitative estimate of drug-likeness (QED) is 0.526. The molecule has 1 nitrogen and oxygen atoms in total. The van der Waals surface area contributed by atoms with Gasteiger partial charge in [-0.05, 0) is 36.5 Å². The zero-order valence-corrected chi connectivity index (χ0v) is 7.42. The third-order valence-electron chi connectivity index (χ3n) is 6.16. The average molecular weight is 162 g/mol. The fourth-order valence-corrected chi connectivity index (χ4v) is 5.99. The van der Waals surface area contributed by atoms with Crippen LogP contribution in [0.15, 0.2) is 0 Å². The molecular formula is C11H14O. The van der Waals surface area contributed by atoms with Crippen molar-refractivity contribution >= 4 is 0 Å². The summed E-state index contributed by atoms with van der Waals surface area (Å²) in [4.78, 5) is 0. The lowest BCUT2D eigenvalue weighted by atomic mass is 9.86. The zero-order chi connectivity index (χ0) is 7.72. The highest BCUT2D eigenvalue weighted by molar-refractivity contribution is 5.42. The van der Waals surface area contributed by atoms with Crippen LogP contribution in [0.4, 0.5) is 0 Å². The Morgan fingerprint density at radius 2 is 2.25 bits per heavy atom. The summed E-state index contributed by atoms with van der Waals surface area (Å²) in [6, 6.07) is 0. The molecule has 0 radical (unpaired) electrons. The SMILES string of the molecule is CC12CC3C4CC5COC1C52C43. The number of fused-ring (bicyclic) bond motifs is 2. The lowest BCUT2D eigenvalue weighted by molar-refractivity contribution is 0.0928. The van der Waals surface area contributed by atoms with Gasteiger partial charge in [0.15, 0.2) is 0 Å². The fraction of sp³-hybridized carbons (Fsp3) is 1.00. The normalized spacial score (nSPS) is 85.2. The molecule has 0 bridgehead atoms. The van der Waals surface area contributed by atoms with Gasteiger partial charge in [-0.2, -0.15) is 0 Å². The van der Waals surface area contributed by atoms with E-state index in [1.807, 2.05) is 0 Å². The van der Waals surface area contributed by atoms with Crippen LogP contribution in [0.1, 0.15) is 19.8 Å². The molecule has 0 aromatic carbocycles. The molecule has 1 heteroatoms. The molecule has 64 valence electrons. The molecule has 4 saturated carbocycles. The summed E-state index contributed by atoms with van der Waals surface area (Å²) in [6.07, 6.45) is 3.76. The van der Waals surface area contributed by atoms with Crippen LogP contribution in [0.5, 0.6) is 0 Å². The summed E-state index contributed by atoms with van der Waals surface area (Å²) in [5.41, 5.74) is 1.42. The molecule has 1 saturated heterocycles. The van der Waals surface area contributed by atoms with E-state index < -0.39 is 0 Å². The fourth-order valence-electron chi connectivity index (χ4n) is 5.99. The molecule has 1 spiro atoms. The van der Waals surface area contributed by atoms with Crippen LogP contribution in [-0.4, -0.2) is 12.7 Å². The first-order chi connectivity index (χ1) is 5.80. The first-order valence-electron chi connectivity index (χ1n) is 5.42. The molecule has 7 atom stereocenters. The Hall–Kier alpha value is -0.0400. The number of ether oxygens (including phenoxy) is 1. The van der Waals surface area contributed by atoms with Gasteiger partial charge in [0.1, 0.15) is 0 Å². The van der Waals surface area contributed by atoms with Crippen molar-refractivity contribution in [2.45, 2.75) is 25.9 Å². The molecule has 0 amide bonds. The molecule has 1 heterocycles. The Morgan fingerprint density at radius 1 is 1.33 bits per heavy atom. The van der Waals surface area contributed by atoms with Crippen LogP contribution in [-0.2, 0) is 4.74 Å². The van der Waals surface area contributed by atoms with Gasteiger partial charge >= 0.3 is 0 Å². The minimum absolute atomic E-state index is 0.665. The van der Waals surface area contributed by atoms with E-state index in [0.717, 1.165) is 35.7 Å². The monoisotopic (exact) mass is 162 g/mol. The molecule has 12 heavy (non-hydrogen) atoms. The Bertz CT molecular complexity index is 299. The van der Waals surface area contributed by atoms with Crippen LogP contribution in [0.25, 0.3) is 0 Å². The van der Waals surface area contributed by atoms with Gasteiger partial charge in [-0.1, -0.05) is 6.92 Å². The van der Waals surface area contributed by atoms with Crippen molar-refractivity contribution in [1.29, 1.82) is 0 Å². The summed E-state index contributed by atoms with van der Waals surface area (Å²) >= 11 is 0. The van der Waals surface area contributed by atoms with E-state index in [0.29, 0.717) is 11.5 Å². The summed E-state index contributed by atoms with van der Waals surface area (Å²) in [6.45, 7) is 3.61. The number of hydrogen-bond donors (Lipinski definition) is 0. The molecule has 5 fully saturated rings. The second kappa shape index (κ2) is 1.13. The first kappa shape index (κ1) is 5.64. The predicted molar refractivity (Wildman–Crippen MR) is 43.5 cm³/mol. The van der Waals surface area contributed by atoms with E-state index in [9.17, 15) is 0 Å². The van der Waals surface area contributed by atoms with E-state index in [1.165, 1.54) is 12.8 Å². The molecule has 0 aromatic rings. The minimum atomic E-state index is 0.665. The highest BCUT2D eigenvalue weighted by atomic mass is 16.5. The Kier molecular flexibility index (Phi) is 0.533. The van der Waals surface area contributed by atoms with Crippen molar-refractivity contribution in [3.05, 3.63) is 0 Å². The maximum atomic E-state index is 5.93. The molecule has 0 aromatic heterocycles. The maximum Gasteiger partial charge on any atom is 0.0704 e. The van der Waals surface area contributed by atoms with E-state index in [2.05, 4.69) is 6.92 Å². The van der Waals surface area contributed by atoms with Gasteiger partial charge in [-0.15, -0.1) is 0 Å². The molecular weight excluding hydrogens is 148 g/mol. The summed E-state index contributed by atoms with van der Waals surface area (Å²) < 4.78 is 5.93. The summed E-state index contributed by atoms with van der Waals surface area (Å²) in [5.74, 6) is 4.45. The molecule has 5 rings (SSSR count). The molecule has 1 aliphatic heterocycles. The van der Waals surface area contributed by atoms with Crippen LogP contribution in [0.2, 0.25) is 0 Å². The van der Waals surface area contributed by atoms with Crippen molar-refractivity contribution < 1.29 is 4.74 Å². The minimum Gasteiger partial charge on any atom is -0.377 e. The van der Waals surface area contributed by atoms with Crippen molar-refractivity contribution in [2.24, 2.45) is 34.5 Å². The van der Waals surface area contributed by atoms with Crippen LogP contribution < -0.4 is 0 Å². The topological polar surface area (TPSA) is 9.23 Å². The van der Waals surface area contributed by atoms with Crippen molar-refractivity contribution in [3.8, 4) is 0 Å². The lowest BCUT2D eigenvalue weighted by Crippen LogP contribution is -2.17. The van der Waals surface area contributed by atoms with Gasteiger partial charge in [-0.25, -0.2) is 0 Å². The molecule has 7 unspecified atom stereocenters. The average Bonchev–Trinajstić information content (AvgIpc) is 2.65. The van der Waals surface area contributed by atoms with Gasteiger partial charge in [-0.3, -0.25) is 0 Å². The predicted octanol–water partition coefficient (Wildman–Crippen LogP) is 1.68. The van der Waals surface area contributed by atoms with Crippen LogP contribution in [0.3, 0.4) is 0 Å². The summed E-state index contributed by atoms with van der Waals surface area (Å²) in [5, 5.41) is 0. The number of rotatable bonds is 0. The Labute approximate surface area is 72.5 Å². The third-order valence-corrected chi connectivity index (χ3v) is 6.16. The van der Waals surface area contributed by atoms with Gasteiger partial charge < -0.3 is 4.74 Å². The third kappa shape index (κ3) is 0.265. The van der Waals surface area contributed by atoms with Crippen molar-refractivity contribution in [1.82, 2.24) is 0 Å². The van der Waals surface area contributed by atoms with Crippen LogP contribution in [0, 0.1) is 34.5 Å². The van der Waals surface area contributed by atoms with Gasteiger partial charge in [0.05, 0.1) is 12.7 Å². The summed E-state index contributed by atoms with van der Waals surface area (Å²) in [7, 11) is 0. The van der Waals surface area contributed by atoms with Gasteiger partial charge in [0, 0.05) is 10.8 Å². The van der Waals surface area contributed by atoms with Crippen LogP contribution >= 0.6 is 0 Å². The second-order valence-electron chi connectivity index (χ2n) is 6.05. The first-order valence-corrected chi connectivity index (χ1v) is 5.42. The van der Waals surface area contributed by atoms with E-state index >= 15 is 0 Å². The largest absolute Gasteiger partial charge is 0.377 e. The smallest absolute Gasteiger partial charge is 0.0704 e. The molecule has 4 aliphatic carbocycles. The van der Waals surface area contributed by atoms with E-state index in [1.54, 1.807) is 0 Å². The maximum absolute atomic E-state index is 5.93. The lowest BCUT2D eigenvalue weighted by Gasteiger charge is -2.18. The van der Waals surface area contributed by atoms with Crippen molar-refractivity contribution in [2.75, 3.05) is 6.61 Å². The van der Waals surface area contributed by atoms with Gasteiger partial charge in [0.25, 0.3) is 0 Å². The Morgan fingerprint density at radius 3 is 3.17 bits per heavy atom. The number of hydrogen-bond acceptors (Lipinski definition) is 1. The molecule has 5 aliphatic rings.